The minimum Gasteiger partial charge on any atom is -0.462 e. The zero-order valence-electron chi connectivity index (χ0n) is 9.69. The van der Waals surface area contributed by atoms with Crippen LogP contribution in [-0.2, 0) is 9.53 Å². The van der Waals surface area contributed by atoms with Crippen LogP contribution in [0.5, 0.6) is 0 Å². The van der Waals surface area contributed by atoms with Crippen molar-refractivity contribution in [1.29, 1.82) is 0 Å². The van der Waals surface area contributed by atoms with Crippen LogP contribution in [0.4, 0.5) is 0 Å². The van der Waals surface area contributed by atoms with E-state index in [0.717, 1.165) is 10.5 Å². The third-order valence-corrected chi connectivity index (χ3v) is 2.79. The molecule has 0 spiro atoms. The lowest BCUT2D eigenvalue weighted by atomic mass is 10.2. The first kappa shape index (κ1) is 12.8. The minimum absolute atomic E-state index is 0.374. The fourth-order valence-electron chi connectivity index (χ4n) is 1.21. The molecule has 0 aromatic heterocycles. The van der Waals surface area contributed by atoms with Crippen LogP contribution in [0.25, 0.3) is 0 Å². The molecule has 86 valence electrons. The molecule has 0 heterocycles. The Morgan fingerprint density at radius 3 is 2.88 bits per heavy atom. The lowest BCUT2D eigenvalue weighted by molar-refractivity contribution is -0.134. The zero-order valence-corrected chi connectivity index (χ0v) is 10.5. The van der Waals surface area contributed by atoms with Crippen LogP contribution in [0.15, 0.2) is 27.5 Å². The van der Waals surface area contributed by atoms with Crippen molar-refractivity contribution in [3.8, 4) is 0 Å². The molecule has 3 nitrogen and oxygen atoms in total. The van der Waals surface area contributed by atoms with Gasteiger partial charge in [-0.25, -0.2) is 9.19 Å². The largest absolute Gasteiger partial charge is 0.462 e. The van der Waals surface area contributed by atoms with Crippen molar-refractivity contribution in [2.75, 3.05) is 6.61 Å². The maximum absolute atomic E-state index is 11.0. The van der Waals surface area contributed by atoms with E-state index < -0.39 is 5.97 Å². The Bertz CT molecular complexity index is 402. The Morgan fingerprint density at radius 2 is 2.25 bits per heavy atom. The predicted octanol–water partition coefficient (Wildman–Crippen LogP) is 2.94. The molecule has 0 saturated heterocycles. The highest BCUT2D eigenvalue weighted by molar-refractivity contribution is 7.98. The molecule has 0 unspecified atom stereocenters. The zero-order chi connectivity index (χ0) is 12.0. The van der Waals surface area contributed by atoms with Crippen molar-refractivity contribution in [3.63, 3.8) is 0 Å². The van der Waals surface area contributed by atoms with Gasteiger partial charge in [-0.3, -0.25) is 0 Å². The summed E-state index contributed by atoms with van der Waals surface area (Å²) in [5, 5.41) is 0. The number of esters is 1. The van der Waals surface area contributed by atoms with Gasteiger partial charge in [0, 0.05) is 16.8 Å². The van der Waals surface area contributed by atoms with Crippen LogP contribution in [-0.4, -0.2) is 18.8 Å². The molecule has 0 bridgehead atoms. The highest BCUT2D eigenvalue weighted by Gasteiger charge is 1.99. The van der Waals surface area contributed by atoms with Gasteiger partial charge in [0.1, 0.15) is 6.21 Å². The Balaban J connectivity index is 2.57. The molecule has 0 radical (unpaired) electrons. The van der Waals surface area contributed by atoms with Crippen LogP contribution in [0.1, 0.15) is 18.1 Å². The monoisotopic (exact) mass is 237 g/mol. The Labute approximate surface area is 100 Å². The highest BCUT2D eigenvalue weighted by atomic mass is 32.2. The van der Waals surface area contributed by atoms with Crippen molar-refractivity contribution >= 4 is 24.1 Å². The van der Waals surface area contributed by atoms with Crippen molar-refractivity contribution < 1.29 is 9.53 Å². The summed E-state index contributed by atoms with van der Waals surface area (Å²) in [5.74, 6) is -0.403. The molecular weight excluding hydrogens is 222 g/mol. The van der Waals surface area contributed by atoms with Crippen LogP contribution >= 0.6 is 11.9 Å². The molecule has 0 aliphatic heterocycles. The molecule has 1 rings (SSSR count). The average Bonchev–Trinajstić information content (AvgIpc) is 2.22. The second-order valence-electron chi connectivity index (χ2n) is 3.35. The van der Waals surface area contributed by atoms with Gasteiger partial charge >= 0.3 is 5.97 Å². The number of nitrogens with zero attached hydrogens (tertiary/aromatic N) is 1. The summed E-state index contributed by atoms with van der Waals surface area (Å²) in [6, 6.07) is 6.11. The van der Waals surface area contributed by atoms with Gasteiger partial charge in [0.2, 0.25) is 0 Å². The van der Waals surface area contributed by atoms with E-state index in [2.05, 4.69) is 10.5 Å². The fraction of sp³-hybridized carbons (Fsp3) is 0.333. The molecule has 0 N–H and O–H groups in total. The highest BCUT2D eigenvalue weighted by Crippen LogP contribution is 2.23. The average molecular weight is 237 g/mol. The van der Waals surface area contributed by atoms with Gasteiger partial charge in [0.25, 0.3) is 0 Å². The Morgan fingerprint density at radius 1 is 1.50 bits per heavy atom. The summed E-state index contributed by atoms with van der Waals surface area (Å²) in [6.07, 6.45) is 1.20. The van der Waals surface area contributed by atoms with E-state index in [1.54, 1.807) is 6.92 Å². The van der Waals surface area contributed by atoms with Crippen molar-refractivity contribution in [2.24, 2.45) is 4.40 Å². The van der Waals surface area contributed by atoms with Crippen LogP contribution < -0.4 is 0 Å². The van der Waals surface area contributed by atoms with Crippen LogP contribution in [0.2, 0.25) is 0 Å². The topological polar surface area (TPSA) is 38.7 Å². The first-order chi connectivity index (χ1) is 7.63. The standard InChI is InChI=1S/C12H15NO2S/c1-4-15-12(14)8-13-16-11-6-5-9(2)7-10(11)3/h5-8H,4H2,1-3H3/b13-8+. The summed E-state index contributed by atoms with van der Waals surface area (Å²) >= 11 is 1.28. The number of aryl methyl sites for hydroxylation is 2. The number of carbonyl (C=O) groups excluding carboxylic acids is 1. The number of carbonyl (C=O) groups is 1. The Hall–Kier alpha value is -1.29. The summed E-state index contributed by atoms with van der Waals surface area (Å²) in [5.41, 5.74) is 2.38. The molecular formula is C12H15NO2S. The number of hydrogen-bond donors (Lipinski definition) is 0. The fourth-order valence-corrected chi connectivity index (χ4v) is 1.79. The molecule has 4 heteroatoms. The summed E-state index contributed by atoms with van der Waals surface area (Å²) in [4.78, 5) is 12.0. The summed E-state index contributed by atoms with van der Waals surface area (Å²) in [7, 11) is 0. The second kappa shape index (κ2) is 6.33. The summed E-state index contributed by atoms with van der Waals surface area (Å²) < 4.78 is 8.70. The number of rotatable bonds is 4. The van der Waals surface area contributed by atoms with E-state index in [-0.39, 0.29) is 0 Å². The van der Waals surface area contributed by atoms with E-state index in [0.29, 0.717) is 6.61 Å². The molecule has 0 saturated carbocycles. The van der Waals surface area contributed by atoms with E-state index in [1.165, 1.54) is 23.7 Å². The molecule has 0 fully saturated rings. The normalized spacial score (nSPS) is 10.7. The van der Waals surface area contributed by atoms with Crippen molar-refractivity contribution in [1.82, 2.24) is 0 Å². The maximum Gasteiger partial charge on any atom is 0.350 e. The SMILES string of the molecule is CCOC(=O)/C=N/Sc1ccc(C)cc1C. The van der Waals surface area contributed by atoms with Gasteiger partial charge in [0.05, 0.1) is 6.61 Å². The van der Waals surface area contributed by atoms with Crippen molar-refractivity contribution in [3.05, 3.63) is 29.3 Å². The quantitative estimate of drug-likeness (QED) is 0.459. The van der Waals surface area contributed by atoms with E-state index in [1.807, 2.05) is 26.0 Å². The van der Waals surface area contributed by atoms with Crippen LogP contribution in [0, 0.1) is 13.8 Å². The van der Waals surface area contributed by atoms with Gasteiger partial charge in [-0.05, 0) is 32.4 Å². The van der Waals surface area contributed by atoms with Gasteiger partial charge in [-0.2, -0.15) is 0 Å². The Kier molecular flexibility index (Phi) is 5.05. The van der Waals surface area contributed by atoms with E-state index in [9.17, 15) is 4.79 Å². The maximum atomic E-state index is 11.0. The molecule has 0 aliphatic carbocycles. The molecule has 1 aromatic rings. The molecule has 16 heavy (non-hydrogen) atoms. The molecule has 1 aromatic carbocycles. The van der Waals surface area contributed by atoms with E-state index in [4.69, 9.17) is 4.74 Å². The number of benzene rings is 1. The number of ether oxygens (including phenoxy) is 1. The summed E-state index contributed by atoms with van der Waals surface area (Å²) in [6.45, 7) is 6.21. The van der Waals surface area contributed by atoms with Gasteiger partial charge in [0.15, 0.2) is 0 Å². The van der Waals surface area contributed by atoms with E-state index >= 15 is 0 Å². The van der Waals surface area contributed by atoms with Crippen LogP contribution in [0.3, 0.4) is 0 Å². The lowest BCUT2D eigenvalue weighted by Crippen LogP contribution is -2.03. The molecule has 0 aliphatic rings. The molecule has 0 atom stereocenters. The number of hydrogen-bond acceptors (Lipinski definition) is 4. The van der Waals surface area contributed by atoms with Gasteiger partial charge in [-0.15, -0.1) is 0 Å². The third-order valence-electron chi connectivity index (χ3n) is 1.93. The third kappa shape index (κ3) is 4.06. The minimum atomic E-state index is -0.403. The molecule has 0 amide bonds. The van der Waals surface area contributed by atoms with Gasteiger partial charge in [-0.1, -0.05) is 17.7 Å². The van der Waals surface area contributed by atoms with Crippen molar-refractivity contribution in [2.45, 2.75) is 25.7 Å². The first-order valence-electron chi connectivity index (χ1n) is 5.08. The van der Waals surface area contributed by atoms with Gasteiger partial charge < -0.3 is 4.74 Å². The second-order valence-corrected chi connectivity index (χ2v) is 4.18. The predicted molar refractivity (Wildman–Crippen MR) is 66.9 cm³/mol. The smallest absolute Gasteiger partial charge is 0.350 e. The lowest BCUT2D eigenvalue weighted by Gasteiger charge is -2.02. The first-order valence-corrected chi connectivity index (χ1v) is 5.85.